The Morgan fingerprint density at radius 1 is 1.10 bits per heavy atom. The predicted octanol–water partition coefficient (Wildman–Crippen LogP) is 3.07. The minimum absolute atomic E-state index is 0.131. The van der Waals surface area contributed by atoms with Crippen LogP contribution in [0.25, 0.3) is 0 Å². The molecular weight excluding hydrogens is 423 g/mol. The molecule has 31 heavy (non-hydrogen) atoms. The van der Waals surface area contributed by atoms with Crippen LogP contribution in [0.2, 0.25) is 0 Å². The number of hydrogen-bond acceptors (Lipinski definition) is 7. The maximum Gasteiger partial charge on any atom is 0.251 e. The van der Waals surface area contributed by atoms with E-state index >= 15 is 0 Å². The first-order chi connectivity index (χ1) is 15.0. The highest BCUT2D eigenvalue weighted by molar-refractivity contribution is 7.99. The maximum atomic E-state index is 13.0. The van der Waals surface area contributed by atoms with Gasteiger partial charge in [0.05, 0.1) is 12.3 Å². The zero-order valence-corrected chi connectivity index (χ0v) is 17.4. The molecular formula is C21H19FN4O4S. The smallest absolute Gasteiger partial charge is 0.251 e. The van der Waals surface area contributed by atoms with Crippen LogP contribution in [0.4, 0.5) is 4.39 Å². The fourth-order valence-electron chi connectivity index (χ4n) is 3.02. The third-order valence-corrected chi connectivity index (χ3v) is 5.62. The van der Waals surface area contributed by atoms with Gasteiger partial charge < -0.3 is 19.4 Å². The van der Waals surface area contributed by atoms with Crippen LogP contribution in [-0.2, 0) is 13.1 Å². The monoisotopic (exact) mass is 442 g/mol. The lowest BCUT2D eigenvalue weighted by Crippen LogP contribution is -2.24. The summed E-state index contributed by atoms with van der Waals surface area (Å²) >= 11 is 1.25. The average molecular weight is 442 g/mol. The van der Waals surface area contributed by atoms with Crippen molar-refractivity contribution in [1.82, 2.24) is 20.1 Å². The van der Waals surface area contributed by atoms with E-state index in [0.717, 1.165) is 0 Å². The third-order valence-electron chi connectivity index (χ3n) is 4.65. The molecule has 2 aromatic carbocycles. The number of ether oxygens (including phenoxy) is 2. The summed E-state index contributed by atoms with van der Waals surface area (Å²) in [7, 11) is 0. The molecule has 4 rings (SSSR count). The number of amides is 1. The van der Waals surface area contributed by atoms with Gasteiger partial charge in [0, 0.05) is 17.7 Å². The number of rotatable bonds is 8. The predicted molar refractivity (Wildman–Crippen MR) is 111 cm³/mol. The molecule has 1 N–H and O–H groups in total. The first kappa shape index (κ1) is 20.9. The molecule has 10 heteroatoms. The first-order valence-electron chi connectivity index (χ1n) is 9.56. The SMILES string of the molecule is CCn1c(CNC(=O)c2ccc3c(c2)OCO3)nnc1SCC(=O)c1ccc(F)cc1. The second kappa shape index (κ2) is 9.17. The molecule has 0 spiro atoms. The Morgan fingerprint density at radius 3 is 2.61 bits per heavy atom. The summed E-state index contributed by atoms with van der Waals surface area (Å²) in [5.74, 6) is 1.08. The number of nitrogens with one attached hydrogen (secondary N) is 1. The third kappa shape index (κ3) is 4.69. The molecule has 3 aromatic rings. The van der Waals surface area contributed by atoms with Gasteiger partial charge in [-0.1, -0.05) is 11.8 Å². The molecule has 160 valence electrons. The van der Waals surface area contributed by atoms with Gasteiger partial charge in [-0.15, -0.1) is 10.2 Å². The van der Waals surface area contributed by atoms with Crippen LogP contribution in [0.3, 0.4) is 0 Å². The number of thioether (sulfide) groups is 1. The number of carbonyl (C=O) groups excluding carboxylic acids is 2. The summed E-state index contributed by atoms with van der Waals surface area (Å²) in [5.41, 5.74) is 0.888. The van der Waals surface area contributed by atoms with Crippen molar-refractivity contribution in [2.45, 2.75) is 25.2 Å². The molecule has 0 saturated carbocycles. The second-order valence-electron chi connectivity index (χ2n) is 6.61. The molecule has 1 amide bonds. The molecule has 1 aliphatic rings. The molecule has 1 aromatic heterocycles. The maximum absolute atomic E-state index is 13.0. The topological polar surface area (TPSA) is 95.3 Å². The summed E-state index contributed by atoms with van der Waals surface area (Å²) in [4.78, 5) is 24.8. The van der Waals surface area contributed by atoms with Crippen LogP contribution >= 0.6 is 11.8 Å². The standard InChI is InChI=1S/C21H19FN4O4S/c1-2-26-19(10-23-20(28)14-5-8-17-18(9-14)30-12-29-17)24-25-21(26)31-11-16(27)13-3-6-15(22)7-4-13/h3-9H,2,10-12H2,1H3,(H,23,28). The van der Waals surface area contributed by atoms with Crippen molar-refractivity contribution in [3.8, 4) is 11.5 Å². The van der Waals surface area contributed by atoms with Crippen LogP contribution in [0.1, 0.15) is 33.5 Å². The van der Waals surface area contributed by atoms with Gasteiger partial charge >= 0.3 is 0 Å². The zero-order chi connectivity index (χ0) is 21.8. The Hall–Kier alpha value is -3.40. The van der Waals surface area contributed by atoms with E-state index in [1.165, 1.54) is 36.0 Å². The van der Waals surface area contributed by atoms with E-state index in [9.17, 15) is 14.0 Å². The Labute approximate surface area is 181 Å². The molecule has 1 aliphatic heterocycles. The van der Waals surface area contributed by atoms with Crippen molar-refractivity contribution in [3.05, 3.63) is 65.2 Å². The normalized spacial score (nSPS) is 12.1. The molecule has 0 atom stereocenters. The van der Waals surface area contributed by atoms with Gasteiger partial charge in [-0.25, -0.2) is 4.39 Å². The van der Waals surface area contributed by atoms with E-state index in [2.05, 4.69) is 15.5 Å². The molecule has 0 fully saturated rings. The number of halogens is 1. The lowest BCUT2D eigenvalue weighted by molar-refractivity contribution is 0.0948. The number of ketones is 1. The first-order valence-corrected chi connectivity index (χ1v) is 10.5. The Balaban J connectivity index is 1.37. The highest BCUT2D eigenvalue weighted by Gasteiger charge is 2.18. The average Bonchev–Trinajstić information content (AvgIpc) is 3.41. The van der Waals surface area contributed by atoms with Crippen molar-refractivity contribution in [1.29, 1.82) is 0 Å². The highest BCUT2D eigenvalue weighted by atomic mass is 32.2. The fourth-order valence-corrected chi connectivity index (χ4v) is 3.94. The van der Waals surface area contributed by atoms with Gasteiger partial charge in [-0.2, -0.15) is 0 Å². The number of nitrogens with zero attached hydrogens (tertiary/aromatic N) is 3. The second-order valence-corrected chi connectivity index (χ2v) is 7.56. The molecule has 0 unspecified atom stereocenters. The van der Waals surface area contributed by atoms with E-state index in [-0.39, 0.29) is 36.6 Å². The number of carbonyl (C=O) groups is 2. The molecule has 0 bridgehead atoms. The quantitative estimate of drug-likeness (QED) is 0.423. The summed E-state index contributed by atoms with van der Waals surface area (Å²) in [6.07, 6.45) is 0. The van der Waals surface area contributed by atoms with Crippen LogP contribution in [-0.4, -0.2) is 39.0 Å². The zero-order valence-electron chi connectivity index (χ0n) is 16.6. The van der Waals surface area contributed by atoms with Gasteiger partial charge in [0.25, 0.3) is 5.91 Å². The Bertz CT molecular complexity index is 1120. The summed E-state index contributed by atoms with van der Waals surface area (Å²) < 4.78 is 25.4. The van der Waals surface area contributed by atoms with Gasteiger partial charge in [0.1, 0.15) is 5.82 Å². The molecule has 0 radical (unpaired) electrons. The van der Waals surface area contributed by atoms with E-state index in [1.54, 1.807) is 18.2 Å². The largest absolute Gasteiger partial charge is 0.454 e. The number of Topliss-reactive ketones (excluding diaryl/α,β-unsaturated/α-hetero) is 1. The van der Waals surface area contributed by atoms with Crippen LogP contribution in [0.15, 0.2) is 47.6 Å². The van der Waals surface area contributed by atoms with Crippen LogP contribution < -0.4 is 14.8 Å². The summed E-state index contributed by atoms with van der Waals surface area (Å²) in [6.45, 7) is 2.83. The minimum Gasteiger partial charge on any atom is -0.454 e. The van der Waals surface area contributed by atoms with E-state index < -0.39 is 0 Å². The molecule has 0 aliphatic carbocycles. The summed E-state index contributed by atoms with van der Waals surface area (Å²) in [6, 6.07) is 10.4. The van der Waals surface area contributed by atoms with Gasteiger partial charge in [0.15, 0.2) is 28.3 Å². The molecule has 8 nitrogen and oxygen atoms in total. The van der Waals surface area contributed by atoms with Gasteiger partial charge in [-0.05, 0) is 49.4 Å². The Morgan fingerprint density at radius 2 is 1.84 bits per heavy atom. The van der Waals surface area contributed by atoms with E-state index in [0.29, 0.717) is 40.2 Å². The van der Waals surface area contributed by atoms with Crippen molar-refractivity contribution in [2.24, 2.45) is 0 Å². The number of benzene rings is 2. The van der Waals surface area contributed by atoms with Crippen molar-refractivity contribution >= 4 is 23.5 Å². The highest BCUT2D eigenvalue weighted by Crippen LogP contribution is 2.32. The summed E-state index contributed by atoms with van der Waals surface area (Å²) in [5, 5.41) is 11.7. The van der Waals surface area contributed by atoms with Crippen molar-refractivity contribution in [3.63, 3.8) is 0 Å². The number of hydrogen-bond donors (Lipinski definition) is 1. The number of fused-ring (bicyclic) bond motifs is 1. The number of aromatic nitrogens is 3. The lowest BCUT2D eigenvalue weighted by Gasteiger charge is -2.09. The molecule has 2 heterocycles. The minimum atomic E-state index is -0.387. The Kier molecular flexibility index (Phi) is 6.17. The lowest BCUT2D eigenvalue weighted by atomic mass is 10.1. The van der Waals surface area contributed by atoms with Crippen LogP contribution in [0, 0.1) is 5.82 Å². The molecule has 0 saturated heterocycles. The van der Waals surface area contributed by atoms with E-state index in [1.807, 2.05) is 11.5 Å². The fraction of sp³-hybridized carbons (Fsp3) is 0.238. The van der Waals surface area contributed by atoms with Gasteiger partial charge in [-0.3, -0.25) is 9.59 Å². The van der Waals surface area contributed by atoms with E-state index in [4.69, 9.17) is 9.47 Å². The van der Waals surface area contributed by atoms with Crippen LogP contribution in [0.5, 0.6) is 11.5 Å². The van der Waals surface area contributed by atoms with Crippen molar-refractivity contribution in [2.75, 3.05) is 12.5 Å². The van der Waals surface area contributed by atoms with Crippen molar-refractivity contribution < 1.29 is 23.5 Å². The van der Waals surface area contributed by atoms with Gasteiger partial charge in [0.2, 0.25) is 6.79 Å².